The molecule has 0 saturated carbocycles. The topological polar surface area (TPSA) is 64.6 Å². The monoisotopic (exact) mass is 405 g/mol. The summed E-state index contributed by atoms with van der Waals surface area (Å²) in [5, 5.41) is 2.81. The Bertz CT molecular complexity index is 730. The molecular formula is C19H20BrNO4. The van der Waals surface area contributed by atoms with E-state index in [1.807, 2.05) is 31.2 Å². The maximum atomic E-state index is 12.0. The molecule has 2 aromatic rings. The largest absolute Gasteiger partial charge is 0.497 e. The minimum atomic E-state index is -0.450. The number of hydrogen-bond acceptors (Lipinski definition) is 4. The van der Waals surface area contributed by atoms with Gasteiger partial charge in [-0.2, -0.15) is 0 Å². The molecule has 132 valence electrons. The molecule has 0 aromatic heterocycles. The molecule has 2 aromatic carbocycles. The highest BCUT2D eigenvalue weighted by atomic mass is 79.9. The molecule has 0 aliphatic rings. The molecule has 2 rings (SSSR count). The first-order chi connectivity index (χ1) is 12.0. The van der Waals surface area contributed by atoms with Gasteiger partial charge in [-0.3, -0.25) is 9.59 Å². The van der Waals surface area contributed by atoms with E-state index in [0.29, 0.717) is 0 Å². The Balaban J connectivity index is 1.78. The van der Waals surface area contributed by atoms with Crippen molar-refractivity contribution in [2.45, 2.75) is 19.4 Å². The van der Waals surface area contributed by atoms with Gasteiger partial charge in [-0.05, 0) is 36.2 Å². The van der Waals surface area contributed by atoms with Crippen LogP contribution in [0, 0.1) is 0 Å². The molecule has 0 fully saturated rings. The molecule has 1 N–H and O–H groups in total. The number of hydrogen-bond donors (Lipinski definition) is 1. The lowest BCUT2D eigenvalue weighted by Gasteiger charge is -2.15. The summed E-state index contributed by atoms with van der Waals surface area (Å²) in [6.45, 7) is 1.57. The lowest BCUT2D eigenvalue weighted by Crippen LogP contribution is -2.31. The third kappa shape index (κ3) is 5.90. The number of carbonyl (C=O) groups excluding carboxylic acids is 2. The highest BCUT2D eigenvalue weighted by molar-refractivity contribution is 9.10. The van der Waals surface area contributed by atoms with Crippen molar-refractivity contribution >= 4 is 27.8 Å². The van der Waals surface area contributed by atoms with E-state index in [0.717, 1.165) is 21.3 Å². The molecule has 25 heavy (non-hydrogen) atoms. The molecule has 0 bridgehead atoms. The van der Waals surface area contributed by atoms with Crippen molar-refractivity contribution in [1.82, 2.24) is 5.32 Å². The molecule has 1 atom stereocenters. The first-order valence-electron chi connectivity index (χ1n) is 7.82. The maximum Gasteiger partial charge on any atom is 0.310 e. The first kappa shape index (κ1) is 19.0. The van der Waals surface area contributed by atoms with E-state index in [1.54, 1.807) is 31.4 Å². The lowest BCUT2D eigenvalue weighted by molar-refractivity contribution is -0.148. The van der Waals surface area contributed by atoms with Crippen LogP contribution in [0.1, 0.15) is 24.1 Å². The van der Waals surface area contributed by atoms with E-state index in [-0.39, 0.29) is 25.0 Å². The standard InChI is InChI=1S/C19H20BrNO4/c1-13(16-5-3-4-6-17(16)20)21-18(22)12-25-19(23)11-14-7-9-15(24-2)10-8-14/h3-10,13H,11-12H2,1-2H3,(H,21,22)/t13-/m0/s1. The van der Waals surface area contributed by atoms with Crippen LogP contribution in [0.5, 0.6) is 5.75 Å². The minimum absolute atomic E-state index is 0.108. The molecule has 0 aliphatic carbocycles. The van der Waals surface area contributed by atoms with Crippen molar-refractivity contribution in [3.63, 3.8) is 0 Å². The zero-order valence-corrected chi connectivity index (χ0v) is 15.7. The highest BCUT2D eigenvalue weighted by Gasteiger charge is 2.14. The molecule has 6 heteroatoms. The van der Waals surface area contributed by atoms with E-state index in [2.05, 4.69) is 21.2 Å². The fourth-order valence-electron chi connectivity index (χ4n) is 2.29. The molecule has 5 nitrogen and oxygen atoms in total. The van der Waals surface area contributed by atoms with Crippen molar-refractivity contribution in [3.8, 4) is 5.75 Å². The van der Waals surface area contributed by atoms with Crippen molar-refractivity contribution in [2.75, 3.05) is 13.7 Å². The number of rotatable bonds is 7. The van der Waals surface area contributed by atoms with Crippen LogP contribution < -0.4 is 10.1 Å². The van der Waals surface area contributed by atoms with Crippen LogP contribution in [-0.4, -0.2) is 25.6 Å². The number of carbonyl (C=O) groups is 2. The third-order valence-corrected chi connectivity index (χ3v) is 4.34. The number of nitrogens with one attached hydrogen (secondary N) is 1. The second-order valence-corrected chi connectivity index (χ2v) is 6.35. The number of amides is 1. The van der Waals surface area contributed by atoms with Crippen LogP contribution in [0.25, 0.3) is 0 Å². The van der Waals surface area contributed by atoms with Crippen LogP contribution in [0.4, 0.5) is 0 Å². The maximum absolute atomic E-state index is 12.0. The van der Waals surface area contributed by atoms with Gasteiger partial charge in [0.25, 0.3) is 5.91 Å². The number of halogens is 1. The van der Waals surface area contributed by atoms with Gasteiger partial charge in [0.1, 0.15) is 5.75 Å². The van der Waals surface area contributed by atoms with E-state index >= 15 is 0 Å². The minimum Gasteiger partial charge on any atom is -0.497 e. The molecule has 0 spiro atoms. The Morgan fingerprint density at radius 3 is 2.44 bits per heavy atom. The van der Waals surface area contributed by atoms with Crippen LogP contribution in [0.3, 0.4) is 0 Å². The number of benzene rings is 2. The van der Waals surface area contributed by atoms with E-state index in [9.17, 15) is 9.59 Å². The van der Waals surface area contributed by atoms with E-state index in [1.165, 1.54) is 0 Å². The summed E-state index contributed by atoms with van der Waals surface area (Å²) in [5.74, 6) is -0.0715. The van der Waals surface area contributed by atoms with Gasteiger partial charge in [0.2, 0.25) is 0 Å². The van der Waals surface area contributed by atoms with Crippen molar-refractivity contribution < 1.29 is 19.1 Å². The predicted octanol–water partition coefficient (Wildman–Crippen LogP) is 3.42. The summed E-state index contributed by atoms with van der Waals surface area (Å²) in [5.41, 5.74) is 1.76. The lowest BCUT2D eigenvalue weighted by atomic mass is 10.1. The highest BCUT2D eigenvalue weighted by Crippen LogP contribution is 2.22. The molecular weight excluding hydrogens is 386 g/mol. The predicted molar refractivity (Wildman–Crippen MR) is 98.4 cm³/mol. The first-order valence-corrected chi connectivity index (χ1v) is 8.61. The van der Waals surface area contributed by atoms with Gasteiger partial charge in [-0.25, -0.2) is 0 Å². The number of methoxy groups -OCH3 is 1. The summed E-state index contributed by atoms with van der Waals surface area (Å²) in [7, 11) is 1.58. The molecule has 1 amide bonds. The number of esters is 1. The van der Waals surface area contributed by atoms with E-state index < -0.39 is 5.97 Å². The Kier molecular flexibility index (Phi) is 7.01. The zero-order chi connectivity index (χ0) is 18.2. The van der Waals surface area contributed by atoms with Crippen molar-refractivity contribution in [3.05, 3.63) is 64.1 Å². The average Bonchev–Trinajstić information content (AvgIpc) is 2.61. The summed E-state index contributed by atoms with van der Waals surface area (Å²) in [6.07, 6.45) is 0.108. The quantitative estimate of drug-likeness (QED) is 0.716. The smallest absolute Gasteiger partial charge is 0.310 e. The Labute approximate surface area is 155 Å². The average molecular weight is 406 g/mol. The summed E-state index contributed by atoms with van der Waals surface area (Å²) in [4.78, 5) is 23.8. The Hall–Kier alpha value is -2.34. The molecule has 0 saturated heterocycles. The second kappa shape index (κ2) is 9.22. The van der Waals surface area contributed by atoms with Crippen molar-refractivity contribution in [2.24, 2.45) is 0 Å². The zero-order valence-electron chi connectivity index (χ0n) is 14.1. The Morgan fingerprint density at radius 1 is 1.12 bits per heavy atom. The van der Waals surface area contributed by atoms with Gasteiger partial charge in [0.15, 0.2) is 6.61 Å². The van der Waals surface area contributed by atoms with Gasteiger partial charge >= 0.3 is 5.97 Å². The summed E-state index contributed by atoms with van der Waals surface area (Å²) < 4.78 is 11.0. The third-order valence-electron chi connectivity index (χ3n) is 3.62. The van der Waals surface area contributed by atoms with Crippen molar-refractivity contribution in [1.29, 1.82) is 0 Å². The van der Waals surface area contributed by atoms with Gasteiger partial charge in [-0.1, -0.05) is 46.3 Å². The van der Waals surface area contributed by atoms with Crippen LogP contribution in [0.2, 0.25) is 0 Å². The van der Waals surface area contributed by atoms with Gasteiger partial charge in [0.05, 0.1) is 19.6 Å². The van der Waals surface area contributed by atoms with Gasteiger partial charge in [0, 0.05) is 4.47 Å². The molecule has 0 heterocycles. The van der Waals surface area contributed by atoms with Gasteiger partial charge in [-0.15, -0.1) is 0 Å². The SMILES string of the molecule is COc1ccc(CC(=O)OCC(=O)N[C@@H](C)c2ccccc2Br)cc1. The number of ether oxygens (including phenoxy) is 2. The second-order valence-electron chi connectivity index (χ2n) is 5.50. The van der Waals surface area contributed by atoms with E-state index in [4.69, 9.17) is 9.47 Å². The van der Waals surface area contributed by atoms with Crippen LogP contribution >= 0.6 is 15.9 Å². The molecule has 0 aliphatic heterocycles. The normalized spacial score (nSPS) is 11.5. The summed E-state index contributed by atoms with van der Waals surface area (Å²) in [6, 6.07) is 14.6. The molecule has 0 unspecified atom stereocenters. The Morgan fingerprint density at radius 2 is 1.80 bits per heavy atom. The van der Waals surface area contributed by atoms with Gasteiger partial charge < -0.3 is 14.8 Å². The van der Waals surface area contributed by atoms with Crippen LogP contribution in [0.15, 0.2) is 53.0 Å². The molecule has 0 radical (unpaired) electrons. The fraction of sp³-hybridized carbons (Fsp3) is 0.263. The summed E-state index contributed by atoms with van der Waals surface area (Å²) >= 11 is 3.45. The fourth-order valence-corrected chi connectivity index (χ4v) is 2.92. The van der Waals surface area contributed by atoms with Crippen LogP contribution in [-0.2, 0) is 20.7 Å².